The molecule has 0 aliphatic carbocycles. The molecule has 0 N–H and O–H groups in total. The topological polar surface area (TPSA) is 66.9 Å². The molecule has 0 atom stereocenters. The van der Waals surface area contributed by atoms with Crippen molar-refractivity contribution in [1.82, 2.24) is 9.21 Å². The van der Waals surface area contributed by atoms with E-state index in [4.69, 9.17) is 4.74 Å². The lowest BCUT2D eigenvalue weighted by molar-refractivity contribution is 0.0760. The van der Waals surface area contributed by atoms with E-state index in [2.05, 4.69) is 0 Å². The predicted molar refractivity (Wildman–Crippen MR) is 103 cm³/mol. The van der Waals surface area contributed by atoms with Gasteiger partial charge in [0.15, 0.2) is 0 Å². The second-order valence-electron chi connectivity index (χ2n) is 6.71. The largest absolute Gasteiger partial charge is 0.496 e. The monoisotopic (exact) mass is 406 g/mol. The third kappa shape index (κ3) is 4.18. The normalized spacial score (nSPS) is 15.9. The van der Waals surface area contributed by atoms with Gasteiger partial charge in [0.25, 0.3) is 5.91 Å². The lowest BCUT2D eigenvalue weighted by Crippen LogP contribution is -2.37. The number of halogens is 1. The summed E-state index contributed by atoms with van der Waals surface area (Å²) in [6.45, 7) is 3.01. The number of methoxy groups -OCH3 is 1. The highest BCUT2D eigenvalue weighted by atomic mass is 32.2. The Bertz CT molecular complexity index is 961. The van der Waals surface area contributed by atoms with E-state index in [1.807, 2.05) is 6.92 Å². The van der Waals surface area contributed by atoms with Crippen LogP contribution in [0.25, 0.3) is 0 Å². The van der Waals surface area contributed by atoms with E-state index in [0.29, 0.717) is 25.3 Å². The third-order valence-corrected chi connectivity index (χ3v) is 6.71. The van der Waals surface area contributed by atoms with Gasteiger partial charge >= 0.3 is 0 Å². The maximum Gasteiger partial charge on any atom is 0.257 e. The summed E-state index contributed by atoms with van der Waals surface area (Å²) >= 11 is 0. The second kappa shape index (κ2) is 8.28. The Hall–Kier alpha value is -2.45. The number of aryl methyl sites for hydroxylation is 1. The van der Waals surface area contributed by atoms with Gasteiger partial charge in [-0.3, -0.25) is 4.79 Å². The van der Waals surface area contributed by atoms with Gasteiger partial charge in [-0.15, -0.1) is 0 Å². The summed E-state index contributed by atoms with van der Waals surface area (Å²) < 4.78 is 46.0. The molecule has 1 fully saturated rings. The van der Waals surface area contributed by atoms with Gasteiger partial charge in [0.05, 0.1) is 17.6 Å². The van der Waals surface area contributed by atoms with E-state index < -0.39 is 15.8 Å². The Balaban J connectivity index is 1.77. The van der Waals surface area contributed by atoms with E-state index in [1.54, 1.807) is 29.2 Å². The predicted octanol–water partition coefficient (Wildman–Crippen LogP) is 2.68. The van der Waals surface area contributed by atoms with Crippen LogP contribution < -0.4 is 4.74 Å². The molecule has 1 aliphatic heterocycles. The summed E-state index contributed by atoms with van der Waals surface area (Å²) in [7, 11) is -2.21. The van der Waals surface area contributed by atoms with Crippen molar-refractivity contribution in [1.29, 1.82) is 0 Å². The van der Waals surface area contributed by atoms with Crippen molar-refractivity contribution >= 4 is 15.9 Å². The van der Waals surface area contributed by atoms with Gasteiger partial charge in [-0.1, -0.05) is 17.7 Å². The van der Waals surface area contributed by atoms with Crippen LogP contribution in [0, 0.1) is 12.7 Å². The van der Waals surface area contributed by atoms with Crippen molar-refractivity contribution in [2.24, 2.45) is 0 Å². The van der Waals surface area contributed by atoms with Crippen LogP contribution in [0.4, 0.5) is 4.39 Å². The summed E-state index contributed by atoms with van der Waals surface area (Å²) in [5, 5.41) is 0. The molecule has 1 aliphatic rings. The van der Waals surface area contributed by atoms with Gasteiger partial charge < -0.3 is 9.64 Å². The van der Waals surface area contributed by atoms with Crippen LogP contribution in [-0.2, 0) is 10.0 Å². The molecule has 0 saturated carbocycles. The maximum absolute atomic E-state index is 13.6. The first-order chi connectivity index (χ1) is 13.3. The zero-order valence-electron chi connectivity index (χ0n) is 15.9. The number of amides is 1. The van der Waals surface area contributed by atoms with Crippen molar-refractivity contribution in [3.8, 4) is 5.75 Å². The number of sulfonamides is 1. The van der Waals surface area contributed by atoms with Crippen LogP contribution in [0.3, 0.4) is 0 Å². The van der Waals surface area contributed by atoms with Crippen LogP contribution in [0.15, 0.2) is 47.4 Å². The number of nitrogens with zero attached hydrogens (tertiary/aromatic N) is 2. The molecular formula is C20H23FN2O4S. The fourth-order valence-electron chi connectivity index (χ4n) is 3.21. The summed E-state index contributed by atoms with van der Waals surface area (Å²) in [6.07, 6.45) is 0.495. The minimum Gasteiger partial charge on any atom is -0.496 e. The maximum atomic E-state index is 13.6. The van der Waals surface area contributed by atoms with Gasteiger partial charge in [-0.2, -0.15) is 4.31 Å². The number of ether oxygens (including phenoxy) is 1. The van der Waals surface area contributed by atoms with Crippen LogP contribution >= 0.6 is 0 Å². The first kappa shape index (κ1) is 20.3. The first-order valence-corrected chi connectivity index (χ1v) is 10.5. The van der Waals surface area contributed by atoms with Crippen molar-refractivity contribution < 1.29 is 22.3 Å². The fraction of sp³-hybridized carbons (Fsp3) is 0.350. The molecule has 8 heteroatoms. The standard InChI is InChI=1S/C20H23FN2O4S/c1-15-4-7-17(8-5-15)28(25,26)23-11-3-10-22(12-13-23)20(24)18-14-16(21)6-9-19(18)27-2/h4-9,14H,3,10-13H2,1-2H3. The molecule has 3 rings (SSSR count). The summed E-state index contributed by atoms with van der Waals surface area (Å²) in [5.41, 5.74) is 1.12. The highest BCUT2D eigenvalue weighted by Gasteiger charge is 2.29. The molecule has 0 aromatic heterocycles. The summed E-state index contributed by atoms with van der Waals surface area (Å²) in [5.74, 6) is -0.603. The van der Waals surface area contributed by atoms with Gasteiger partial charge in [-0.25, -0.2) is 12.8 Å². The van der Waals surface area contributed by atoms with Gasteiger partial charge in [-0.05, 0) is 43.7 Å². The SMILES string of the molecule is COc1ccc(F)cc1C(=O)N1CCCN(S(=O)(=O)c2ccc(C)cc2)CC1. The van der Waals surface area contributed by atoms with E-state index in [1.165, 1.54) is 23.5 Å². The third-order valence-electron chi connectivity index (χ3n) is 4.79. The van der Waals surface area contributed by atoms with E-state index in [9.17, 15) is 17.6 Å². The average molecular weight is 406 g/mol. The number of benzene rings is 2. The average Bonchev–Trinajstić information content (AvgIpc) is 2.94. The highest BCUT2D eigenvalue weighted by Crippen LogP contribution is 2.23. The van der Waals surface area contributed by atoms with Crippen LogP contribution in [0.2, 0.25) is 0 Å². The zero-order chi connectivity index (χ0) is 20.3. The quantitative estimate of drug-likeness (QED) is 0.783. The van der Waals surface area contributed by atoms with Gasteiger partial charge in [0.2, 0.25) is 10.0 Å². The van der Waals surface area contributed by atoms with Gasteiger partial charge in [0.1, 0.15) is 11.6 Å². The molecule has 1 amide bonds. The number of hydrogen-bond donors (Lipinski definition) is 0. The van der Waals surface area contributed by atoms with Crippen molar-refractivity contribution in [3.63, 3.8) is 0 Å². The molecular weight excluding hydrogens is 383 g/mol. The number of hydrogen-bond acceptors (Lipinski definition) is 4. The second-order valence-corrected chi connectivity index (χ2v) is 8.65. The number of carbonyl (C=O) groups excluding carboxylic acids is 1. The Morgan fingerprint density at radius 2 is 1.75 bits per heavy atom. The zero-order valence-corrected chi connectivity index (χ0v) is 16.7. The van der Waals surface area contributed by atoms with Crippen molar-refractivity contribution in [2.45, 2.75) is 18.2 Å². The fourth-order valence-corrected chi connectivity index (χ4v) is 4.68. The Morgan fingerprint density at radius 3 is 2.43 bits per heavy atom. The van der Waals surface area contributed by atoms with Crippen LogP contribution in [-0.4, -0.2) is 56.8 Å². The Morgan fingerprint density at radius 1 is 1.04 bits per heavy atom. The molecule has 6 nitrogen and oxygen atoms in total. The van der Waals surface area contributed by atoms with E-state index >= 15 is 0 Å². The lowest BCUT2D eigenvalue weighted by Gasteiger charge is -2.22. The minimum absolute atomic E-state index is 0.136. The molecule has 0 radical (unpaired) electrons. The molecule has 2 aromatic rings. The van der Waals surface area contributed by atoms with Gasteiger partial charge in [0, 0.05) is 26.2 Å². The van der Waals surface area contributed by atoms with Crippen molar-refractivity contribution in [3.05, 3.63) is 59.4 Å². The minimum atomic E-state index is -3.62. The molecule has 1 heterocycles. The molecule has 1 saturated heterocycles. The van der Waals surface area contributed by atoms with E-state index in [-0.39, 0.29) is 29.5 Å². The summed E-state index contributed by atoms with van der Waals surface area (Å²) in [4.78, 5) is 14.6. The smallest absolute Gasteiger partial charge is 0.257 e. The van der Waals surface area contributed by atoms with E-state index in [0.717, 1.165) is 11.6 Å². The van der Waals surface area contributed by atoms with Crippen LogP contribution in [0.1, 0.15) is 22.3 Å². The number of rotatable bonds is 4. The number of carbonyl (C=O) groups is 1. The molecule has 28 heavy (non-hydrogen) atoms. The molecule has 0 spiro atoms. The highest BCUT2D eigenvalue weighted by molar-refractivity contribution is 7.89. The summed E-state index contributed by atoms with van der Waals surface area (Å²) in [6, 6.07) is 10.5. The molecule has 0 unspecified atom stereocenters. The first-order valence-electron chi connectivity index (χ1n) is 9.02. The molecule has 2 aromatic carbocycles. The molecule has 150 valence electrons. The molecule has 0 bridgehead atoms. The Kier molecular flexibility index (Phi) is 6.00. The lowest BCUT2D eigenvalue weighted by atomic mass is 10.1. The van der Waals surface area contributed by atoms with Crippen LogP contribution in [0.5, 0.6) is 5.75 Å². The Labute approximate surface area is 164 Å². The van der Waals surface area contributed by atoms with Crippen molar-refractivity contribution in [2.75, 3.05) is 33.3 Å².